The number of nitrogens with two attached hydrogens (primary N) is 1. The van der Waals surface area contributed by atoms with Gasteiger partial charge in [-0.15, -0.1) is 0 Å². The summed E-state index contributed by atoms with van der Waals surface area (Å²) in [6.07, 6.45) is 1.75. The maximum atomic E-state index is 5.98. The minimum atomic E-state index is 0.690. The van der Waals surface area contributed by atoms with E-state index in [9.17, 15) is 0 Å². The lowest BCUT2D eigenvalue weighted by Crippen LogP contribution is -2.01. The van der Waals surface area contributed by atoms with E-state index in [4.69, 9.17) is 5.73 Å². The minimum absolute atomic E-state index is 0.690. The Bertz CT molecular complexity index is 552. The van der Waals surface area contributed by atoms with Gasteiger partial charge in [0.15, 0.2) is 5.82 Å². The van der Waals surface area contributed by atoms with E-state index in [1.165, 1.54) is 0 Å². The van der Waals surface area contributed by atoms with E-state index in [0.29, 0.717) is 11.5 Å². The molecule has 0 aliphatic rings. The number of nitrogens with zero attached hydrogens (tertiary/aromatic N) is 1. The van der Waals surface area contributed by atoms with Crippen molar-refractivity contribution in [1.82, 2.24) is 4.98 Å². The third-order valence-electron chi connectivity index (χ3n) is 2.65. The maximum absolute atomic E-state index is 5.98. The van der Waals surface area contributed by atoms with Gasteiger partial charge in [-0.25, -0.2) is 4.98 Å². The summed E-state index contributed by atoms with van der Waals surface area (Å²) in [6, 6.07) is 7.94. The van der Waals surface area contributed by atoms with E-state index < -0.39 is 0 Å². The molecule has 3 N–H and O–H groups in total. The number of anilines is 3. The average Bonchev–Trinajstić information content (AvgIpc) is 2.28. The van der Waals surface area contributed by atoms with Gasteiger partial charge in [-0.05, 0) is 49.2 Å². The standard InChI is InChI=1S/C13H14BrN3/c1-8-5-6-16-13(12(8)15)17-11-4-3-10(14)7-9(11)2/h3-7H,15H2,1-2H3,(H,16,17). The van der Waals surface area contributed by atoms with Gasteiger partial charge in [0.05, 0.1) is 5.69 Å². The molecule has 0 aliphatic heterocycles. The molecule has 88 valence electrons. The number of benzene rings is 1. The Morgan fingerprint density at radius 3 is 2.65 bits per heavy atom. The third-order valence-corrected chi connectivity index (χ3v) is 3.14. The first-order chi connectivity index (χ1) is 8.08. The lowest BCUT2D eigenvalue weighted by Gasteiger charge is -2.12. The van der Waals surface area contributed by atoms with Crippen molar-refractivity contribution in [3.8, 4) is 0 Å². The molecule has 17 heavy (non-hydrogen) atoms. The summed E-state index contributed by atoms with van der Waals surface area (Å²) in [6.45, 7) is 4.01. The summed E-state index contributed by atoms with van der Waals surface area (Å²) >= 11 is 3.44. The highest BCUT2D eigenvalue weighted by Gasteiger charge is 2.05. The van der Waals surface area contributed by atoms with Gasteiger partial charge >= 0.3 is 0 Å². The Balaban J connectivity index is 2.35. The number of pyridine rings is 1. The molecular formula is C13H14BrN3. The average molecular weight is 292 g/mol. The molecule has 0 aliphatic carbocycles. The van der Waals surface area contributed by atoms with Gasteiger partial charge in [0.1, 0.15) is 0 Å². The molecule has 1 heterocycles. The van der Waals surface area contributed by atoms with E-state index in [1.54, 1.807) is 6.20 Å². The van der Waals surface area contributed by atoms with Crippen molar-refractivity contribution in [2.75, 3.05) is 11.1 Å². The fraction of sp³-hybridized carbons (Fsp3) is 0.154. The van der Waals surface area contributed by atoms with Crippen LogP contribution in [0.5, 0.6) is 0 Å². The predicted molar refractivity (Wildman–Crippen MR) is 75.5 cm³/mol. The lowest BCUT2D eigenvalue weighted by atomic mass is 10.2. The summed E-state index contributed by atoms with van der Waals surface area (Å²) in [5.74, 6) is 0.704. The smallest absolute Gasteiger partial charge is 0.153 e. The second-order valence-corrected chi connectivity index (χ2v) is 4.89. The Labute approximate surface area is 109 Å². The van der Waals surface area contributed by atoms with Crippen LogP contribution in [0.25, 0.3) is 0 Å². The molecule has 0 amide bonds. The lowest BCUT2D eigenvalue weighted by molar-refractivity contribution is 1.27. The van der Waals surface area contributed by atoms with Crippen LogP contribution in [0, 0.1) is 13.8 Å². The quantitative estimate of drug-likeness (QED) is 0.885. The highest BCUT2D eigenvalue weighted by molar-refractivity contribution is 9.10. The summed E-state index contributed by atoms with van der Waals surface area (Å²) in [5, 5.41) is 3.25. The fourth-order valence-corrected chi connectivity index (χ4v) is 2.04. The molecule has 0 spiro atoms. The Kier molecular flexibility index (Phi) is 3.33. The fourth-order valence-electron chi connectivity index (χ4n) is 1.56. The largest absolute Gasteiger partial charge is 0.396 e. The van der Waals surface area contributed by atoms with Crippen molar-refractivity contribution in [3.05, 3.63) is 46.1 Å². The van der Waals surface area contributed by atoms with E-state index in [-0.39, 0.29) is 0 Å². The summed E-state index contributed by atoms with van der Waals surface area (Å²) in [4.78, 5) is 4.25. The van der Waals surface area contributed by atoms with E-state index in [1.807, 2.05) is 38.1 Å². The highest BCUT2D eigenvalue weighted by Crippen LogP contribution is 2.26. The summed E-state index contributed by atoms with van der Waals surface area (Å²) < 4.78 is 1.06. The van der Waals surface area contributed by atoms with E-state index in [0.717, 1.165) is 21.3 Å². The number of nitrogen functional groups attached to an aromatic ring is 1. The van der Waals surface area contributed by atoms with Crippen LogP contribution in [-0.4, -0.2) is 4.98 Å². The zero-order valence-electron chi connectivity index (χ0n) is 9.79. The van der Waals surface area contributed by atoms with Gasteiger partial charge in [-0.2, -0.15) is 0 Å². The van der Waals surface area contributed by atoms with Crippen LogP contribution < -0.4 is 11.1 Å². The normalized spacial score (nSPS) is 10.3. The number of hydrogen-bond donors (Lipinski definition) is 2. The zero-order chi connectivity index (χ0) is 12.4. The van der Waals surface area contributed by atoms with Gasteiger partial charge in [-0.1, -0.05) is 15.9 Å². The Morgan fingerprint density at radius 2 is 1.94 bits per heavy atom. The first-order valence-electron chi connectivity index (χ1n) is 5.32. The molecule has 0 bridgehead atoms. The molecule has 0 saturated heterocycles. The monoisotopic (exact) mass is 291 g/mol. The first kappa shape index (κ1) is 11.9. The molecule has 2 aromatic rings. The van der Waals surface area contributed by atoms with Gasteiger partial charge in [0, 0.05) is 16.4 Å². The van der Waals surface area contributed by atoms with Crippen LogP contribution in [0.4, 0.5) is 17.2 Å². The molecule has 1 aromatic heterocycles. The zero-order valence-corrected chi connectivity index (χ0v) is 11.4. The first-order valence-corrected chi connectivity index (χ1v) is 6.11. The molecule has 0 atom stereocenters. The second-order valence-electron chi connectivity index (χ2n) is 3.97. The molecule has 2 rings (SSSR count). The van der Waals surface area contributed by atoms with Gasteiger partial charge in [0.2, 0.25) is 0 Å². The molecule has 4 heteroatoms. The minimum Gasteiger partial charge on any atom is -0.396 e. The van der Waals surface area contributed by atoms with Crippen LogP contribution in [0.2, 0.25) is 0 Å². The number of hydrogen-bond acceptors (Lipinski definition) is 3. The van der Waals surface area contributed by atoms with Gasteiger partial charge < -0.3 is 11.1 Å². The van der Waals surface area contributed by atoms with Crippen molar-refractivity contribution in [2.24, 2.45) is 0 Å². The topological polar surface area (TPSA) is 50.9 Å². The second kappa shape index (κ2) is 4.75. The van der Waals surface area contributed by atoms with Gasteiger partial charge in [-0.3, -0.25) is 0 Å². The SMILES string of the molecule is Cc1cc(Br)ccc1Nc1nccc(C)c1N. The summed E-state index contributed by atoms with van der Waals surface area (Å²) in [5.41, 5.74) is 9.84. The third kappa shape index (κ3) is 2.58. The molecule has 1 aromatic carbocycles. The van der Waals surface area contributed by atoms with Crippen LogP contribution in [-0.2, 0) is 0 Å². The van der Waals surface area contributed by atoms with Crippen molar-refractivity contribution in [2.45, 2.75) is 13.8 Å². The van der Waals surface area contributed by atoms with E-state index in [2.05, 4.69) is 26.2 Å². The van der Waals surface area contributed by atoms with Crippen molar-refractivity contribution >= 4 is 33.1 Å². The number of halogens is 1. The van der Waals surface area contributed by atoms with Crippen LogP contribution in [0.15, 0.2) is 34.9 Å². The molecule has 3 nitrogen and oxygen atoms in total. The van der Waals surface area contributed by atoms with Crippen molar-refractivity contribution in [3.63, 3.8) is 0 Å². The molecule has 0 fully saturated rings. The van der Waals surface area contributed by atoms with Crippen molar-refractivity contribution in [1.29, 1.82) is 0 Å². The van der Waals surface area contributed by atoms with E-state index >= 15 is 0 Å². The van der Waals surface area contributed by atoms with Crippen molar-refractivity contribution < 1.29 is 0 Å². The van der Waals surface area contributed by atoms with Crippen LogP contribution in [0.1, 0.15) is 11.1 Å². The van der Waals surface area contributed by atoms with Crippen LogP contribution in [0.3, 0.4) is 0 Å². The maximum Gasteiger partial charge on any atom is 0.153 e. The highest BCUT2D eigenvalue weighted by atomic mass is 79.9. The number of aryl methyl sites for hydroxylation is 2. The molecule has 0 saturated carbocycles. The van der Waals surface area contributed by atoms with Crippen LogP contribution >= 0.6 is 15.9 Å². The molecular weight excluding hydrogens is 278 g/mol. The number of nitrogens with one attached hydrogen (secondary N) is 1. The number of rotatable bonds is 2. The Morgan fingerprint density at radius 1 is 1.18 bits per heavy atom. The van der Waals surface area contributed by atoms with Gasteiger partial charge in [0.25, 0.3) is 0 Å². The molecule has 0 radical (unpaired) electrons. The number of aromatic nitrogens is 1. The Hall–Kier alpha value is -1.55. The summed E-state index contributed by atoms with van der Waals surface area (Å²) in [7, 11) is 0. The molecule has 0 unspecified atom stereocenters. The predicted octanol–water partition coefficient (Wildman–Crippen LogP) is 3.79.